The fraction of sp³-hybridized carbons (Fsp3) is 0.429. The number of anilines is 2. The number of alkyl halides is 3. The molecule has 1 aromatic carbocycles. The summed E-state index contributed by atoms with van der Waals surface area (Å²) in [5, 5.41) is 0. The first-order valence-electron chi connectivity index (χ1n) is 6.79. The van der Waals surface area contributed by atoms with Gasteiger partial charge in [-0.25, -0.2) is 9.97 Å². The molecule has 1 aliphatic rings. The lowest BCUT2D eigenvalue weighted by Crippen LogP contribution is -2.39. The number of para-hydroxylation sites is 2. The van der Waals surface area contributed by atoms with Gasteiger partial charge in [-0.1, -0.05) is 12.1 Å². The molecule has 2 heterocycles. The summed E-state index contributed by atoms with van der Waals surface area (Å²) in [5.41, 5.74) is 7.28. The largest absolute Gasteiger partial charge is 0.391 e. The maximum atomic E-state index is 12.7. The van der Waals surface area contributed by atoms with Crippen LogP contribution in [0.4, 0.5) is 24.8 Å². The molecular weight excluding hydrogens is 281 g/mol. The standard InChI is InChI=1S/C14H15F3N4/c15-14(16,17)9-5-7-21(8-6-9)13-12(18)19-10-3-1-2-4-11(10)20-13/h1-4,9H,5-8H2,(H2,18,19). The predicted octanol–water partition coefficient (Wildman–Crippen LogP) is 2.99. The van der Waals surface area contributed by atoms with E-state index in [0.717, 1.165) is 0 Å². The van der Waals surface area contributed by atoms with Crippen molar-refractivity contribution < 1.29 is 13.2 Å². The Morgan fingerprint density at radius 1 is 1.05 bits per heavy atom. The summed E-state index contributed by atoms with van der Waals surface area (Å²) in [6.07, 6.45) is -3.98. The number of nitrogens with zero attached hydrogens (tertiary/aromatic N) is 3. The number of benzene rings is 1. The highest BCUT2D eigenvalue weighted by atomic mass is 19.4. The maximum absolute atomic E-state index is 12.7. The highest BCUT2D eigenvalue weighted by Gasteiger charge is 2.41. The molecule has 0 spiro atoms. The first-order chi connectivity index (χ1) is 9.95. The summed E-state index contributed by atoms with van der Waals surface area (Å²) in [5.74, 6) is -0.489. The van der Waals surface area contributed by atoms with Gasteiger partial charge >= 0.3 is 6.18 Å². The molecule has 0 amide bonds. The molecule has 21 heavy (non-hydrogen) atoms. The number of nitrogen functional groups attached to an aromatic ring is 1. The molecular formula is C14H15F3N4. The van der Waals surface area contributed by atoms with Gasteiger partial charge in [0.1, 0.15) is 0 Å². The van der Waals surface area contributed by atoms with E-state index in [-0.39, 0.29) is 18.7 Å². The molecule has 1 saturated heterocycles. The fourth-order valence-electron chi connectivity index (χ4n) is 2.66. The summed E-state index contributed by atoms with van der Waals surface area (Å²) in [6, 6.07) is 7.30. The Morgan fingerprint density at radius 2 is 1.62 bits per heavy atom. The summed E-state index contributed by atoms with van der Waals surface area (Å²) >= 11 is 0. The van der Waals surface area contributed by atoms with Crippen molar-refractivity contribution in [2.45, 2.75) is 19.0 Å². The normalized spacial score (nSPS) is 17.4. The van der Waals surface area contributed by atoms with E-state index in [9.17, 15) is 13.2 Å². The van der Waals surface area contributed by atoms with Crippen LogP contribution in [-0.2, 0) is 0 Å². The van der Waals surface area contributed by atoms with E-state index in [4.69, 9.17) is 5.73 Å². The zero-order valence-electron chi connectivity index (χ0n) is 11.3. The summed E-state index contributed by atoms with van der Waals surface area (Å²) in [6.45, 7) is 0.586. The van der Waals surface area contributed by atoms with Gasteiger partial charge in [-0.3, -0.25) is 0 Å². The highest BCUT2D eigenvalue weighted by Crippen LogP contribution is 2.36. The molecule has 3 rings (SSSR count). The molecule has 1 aromatic heterocycles. The molecule has 0 atom stereocenters. The minimum absolute atomic E-state index is 0.0669. The topological polar surface area (TPSA) is 55.0 Å². The lowest BCUT2D eigenvalue weighted by atomic mass is 9.96. The average Bonchev–Trinajstić information content (AvgIpc) is 2.46. The van der Waals surface area contributed by atoms with Gasteiger partial charge in [0.2, 0.25) is 0 Å². The van der Waals surface area contributed by atoms with Gasteiger partial charge in [0.05, 0.1) is 17.0 Å². The van der Waals surface area contributed by atoms with Crippen LogP contribution in [-0.4, -0.2) is 29.2 Å². The molecule has 4 nitrogen and oxygen atoms in total. The predicted molar refractivity (Wildman–Crippen MR) is 74.9 cm³/mol. The molecule has 112 valence electrons. The quantitative estimate of drug-likeness (QED) is 0.879. The number of hydrogen-bond donors (Lipinski definition) is 1. The van der Waals surface area contributed by atoms with Crippen molar-refractivity contribution >= 4 is 22.7 Å². The summed E-state index contributed by atoms with van der Waals surface area (Å²) in [7, 11) is 0. The fourth-order valence-corrected chi connectivity index (χ4v) is 2.66. The van der Waals surface area contributed by atoms with Crippen molar-refractivity contribution in [1.82, 2.24) is 9.97 Å². The van der Waals surface area contributed by atoms with Gasteiger partial charge in [-0.2, -0.15) is 13.2 Å². The van der Waals surface area contributed by atoms with E-state index in [1.807, 2.05) is 18.2 Å². The van der Waals surface area contributed by atoms with Crippen LogP contribution in [0.2, 0.25) is 0 Å². The van der Waals surface area contributed by atoms with Crippen LogP contribution >= 0.6 is 0 Å². The van der Waals surface area contributed by atoms with E-state index in [1.165, 1.54) is 0 Å². The first-order valence-corrected chi connectivity index (χ1v) is 6.79. The van der Waals surface area contributed by atoms with Crippen molar-refractivity contribution in [2.75, 3.05) is 23.7 Å². The van der Waals surface area contributed by atoms with E-state index in [0.29, 0.717) is 29.9 Å². The Hall–Kier alpha value is -2.05. The number of rotatable bonds is 1. The second-order valence-corrected chi connectivity index (χ2v) is 5.22. The van der Waals surface area contributed by atoms with Gasteiger partial charge in [-0.05, 0) is 25.0 Å². The van der Waals surface area contributed by atoms with Crippen molar-refractivity contribution in [1.29, 1.82) is 0 Å². The van der Waals surface area contributed by atoms with Gasteiger partial charge < -0.3 is 10.6 Å². The Labute approximate surface area is 119 Å². The Bertz CT molecular complexity index is 648. The van der Waals surface area contributed by atoms with Crippen molar-refractivity contribution in [2.24, 2.45) is 5.92 Å². The van der Waals surface area contributed by atoms with Gasteiger partial charge in [-0.15, -0.1) is 0 Å². The number of nitrogens with two attached hydrogens (primary N) is 1. The molecule has 1 fully saturated rings. The minimum Gasteiger partial charge on any atom is -0.381 e. The third-order valence-electron chi connectivity index (χ3n) is 3.84. The number of aromatic nitrogens is 2. The molecule has 2 N–H and O–H groups in total. The zero-order chi connectivity index (χ0) is 15.0. The first kappa shape index (κ1) is 13.9. The molecule has 0 bridgehead atoms. The van der Waals surface area contributed by atoms with E-state index in [2.05, 4.69) is 9.97 Å². The third-order valence-corrected chi connectivity index (χ3v) is 3.84. The van der Waals surface area contributed by atoms with E-state index in [1.54, 1.807) is 11.0 Å². The SMILES string of the molecule is Nc1nc2ccccc2nc1N1CCC(C(F)(F)F)CC1. The number of halogens is 3. The second kappa shape index (κ2) is 5.05. The van der Waals surface area contributed by atoms with Crippen LogP contribution in [0.1, 0.15) is 12.8 Å². The Balaban J connectivity index is 1.84. The molecule has 0 unspecified atom stereocenters. The van der Waals surface area contributed by atoms with Crippen LogP contribution in [0.15, 0.2) is 24.3 Å². The van der Waals surface area contributed by atoms with Gasteiger partial charge in [0.15, 0.2) is 11.6 Å². The molecule has 1 aliphatic heterocycles. The number of hydrogen-bond acceptors (Lipinski definition) is 4. The Morgan fingerprint density at radius 3 is 2.19 bits per heavy atom. The Kier molecular flexibility index (Phi) is 3.35. The molecule has 0 radical (unpaired) electrons. The van der Waals surface area contributed by atoms with Crippen LogP contribution in [0.3, 0.4) is 0 Å². The second-order valence-electron chi connectivity index (χ2n) is 5.22. The number of fused-ring (bicyclic) bond motifs is 1. The monoisotopic (exact) mass is 296 g/mol. The van der Waals surface area contributed by atoms with Crippen molar-refractivity contribution in [3.63, 3.8) is 0 Å². The highest BCUT2D eigenvalue weighted by molar-refractivity contribution is 5.79. The van der Waals surface area contributed by atoms with Crippen molar-refractivity contribution in [3.8, 4) is 0 Å². The van der Waals surface area contributed by atoms with E-state index < -0.39 is 12.1 Å². The zero-order valence-corrected chi connectivity index (χ0v) is 11.3. The van der Waals surface area contributed by atoms with Crippen LogP contribution < -0.4 is 10.6 Å². The maximum Gasteiger partial charge on any atom is 0.391 e. The molecule has 2 aromatic rings. The van der Waals surface area contributed by atoms with E-state index >= 15 is 0 Å². The lowest BCUT2D eigenvalue weighted by Gasteiger charge is -2.33. The molecule has 7 heteroatoms. The van der Waals surface area contributed by atoms with Crippen LogP contribution in [0.5, 0.6) is 0 Å². The van der Waals surface area contributed by atoms with Crippen molar-refractivity contribution in [3.05, 3.63) is 24.3 Å². The van der Waals surface area contributed by atoms with Gasteiger partial charge in [0.25, 0.3) is 0 Å². The third kappa shape index (κ3) is 2.72. The summed E-state index contributed by atoms with van der Waals surface area (Å²) in [4.78, 5) is 10.5. The molecule has 0 saturated carbocycles. The average molecular weight is 296 g/mol. The lowest BCUT2D eigenvalue weighted by molar-refractivity contribution is -0.179. The molecule has 0 aliphatic carbocycles. The van der Waals surface area contributed by atoms with Gasteiger partial charge in [0, 0.05) is 13.1 Å². The van der Waals surface area contributed by atoms with Crippen LogP contribution in [0, 0.1) is 5.92 Å². The minimum atomic E-state index is -4.12. The number of piperidine rings is 1. The summed E-state index contributed by atoms with van der Waals surface area (Å²) < 4.78 is 38.1. The smallest absolute Gasteiger partial charge is 0.381 e. The van der Waals surface area contributed by atoms with Crippen LogP contribution in [0.25, 0.3) is 11.0 Å².